The molecule has 0 aliphatic carbocycles. The summed E-state index contributed by atoms with van der Waals surface area (Å²) in [6.07, 6.45) is 0. The van der Waals surface area contributed by atoms with Gasteiger partial charge in [0.05, 0.1) is 17.6 Å². The normalized spacial score (nSPS) is 12.2. The summed E-state index contributed by atoms with van der Waals surface area (Å²) in [5, 5.41) is 3.45. The topological polar surface area (TPSA) is 21.3 Å². The summed E-state index contributed by atoms with van der Waals surface area (Å²) >= 11 is 5.57. The van der Waals surface area contributed by atoms with E-state index in [1.807, 2.05) is 19.1 Å². The minimum Gasteiger partial charge on any atom is -0.496 e. The fraction of sp³-hybridized carbons (Fsp3) is 0.250. The lowest BCUT2D eigenvalue weighted by molar-refractivity contribution is 0.400. The van der Waals surface area contributed by atoms with Crippen LogP contribution in [0.2, 0.25) is 0 Å². The summed E-state index contributed by atoms with van der Waals surface area (Å²) in [6.45, 7) is 2.85. The Hall–Kier alpha value is -0.660. The third-order valence-corrected chi connectivity index (χ3v) is 4.80. The van der Waals surface area contributed by atoms with Gasteiger partial charge in [-0.2, -0.15) is 0 Å². The minimum absolute atomic E-state index is 0.0463. The maximum atomic E-state index is 13.7. The van der Waals surface area contributed by atoms with Crippen molar-refractivity contribution in [3.8, 4) is 5.75 Å². The van der Waals surface area contributed by atoms with Gasteiger partial charge in [0.1, 0.15) is 11.6 Å². The highest BCUT2D eigenvalue weighted by Gasteiger charge is 2.21. The molecule has 0 aliphatic heterocycles. The highest BCUT2D eigenvalue weighted by atomic mass is 127. The van der Waals surface area contributed by atoms with Crippen molar-refractivity contribution in [1.29, 1.82) is 0 Å². The summed E-state index contributed by atoms with van der Waals surface area (Å²) in [6, 6.07) is 11.3. The van der Waals surface area contributed by atoms with Crippen LogP contribution in [0, 0.1) is 9.39 Å². The van der Waals surface area contributed by atoms with Gasteiger partial charge in [0.15, 0.2) is 0 Å². The predicted octanol–water partition coefficient (Wildman–Crippen LogP) is 4.90. The van der Waals surface area contributed by atoms with Gasteiger partial charge in [-0.25, -0.2) is 4.39 Å². The van der Waals surface area contributed by atoms with Crippen LogP contribution in [0.4, 0.5) is 4.39 Å². The number of halogens is 3. The number of nitrogens with one attached hydrogen (secondary N) is 1. The molecular weight excluding hydrogens is 448 g/mol. The molecule has 21 heavy (non-hydrogen) atoms. The van der Waals surface area contributed by atoms with Crippen molar-refractivity contribution in [2.24, 2.45) is 0 Å². The van der Waals surface area contributed by atoms with Crippen molar-refractivity contribution in [3.05, 3.63) is 61.4 Å². The van der Waals surface area contributed by atoms with Crippen molar-refractivity contribution in [1.82, 2.24) is 5.32 Å². The van der Waals surface area contributed by atoms with Gasteiger partial charge in [0.2, 0.25) is 0 Å². The quantitative estimate of drug-likeness (QED) is 0.636. The first-order valence-corrected chi connectivity index (χ1v) is 8.46. The van der Waals surface area contributed by atoms with Crippen molar-refractivity contribution < 1.29 is 9.13 Å². The molecule has 5 heteroatoms. The number of rotatable bonds is 5. The first-order valence-electron chi connectivity index (χ1n) is 6.59. The second-order valence-corrected chi connectivity index (χ2v) is 6.54. The summed E-state index contributed by atoms with van der Waals surface area (Å²) in [5.74, 6) is 0.218. The molecule has 0 saturated heterocycles. The van der Waals surface area contributed by atoms with Crippen LogP contribution in [0.1, 0.15) is 24.1 Å². The fourth-order valence-corrected chi connectivity index (χ4v) is 3.31. The van der Waals surface area contributed by atoms with Gasteiger partial charge in [-0.1, -0.05) is 25.1 Å². The highest BCUT2D eigenvalue weighted by molar-refractivity contribution is 14.1. The molecule has 0 aliphatic rings. The van der Waals surface area contributed by atoms with E-state index in [-0.39, 0.29) is 11.9 Å². The largest absolute Gasteiger partial charge is 0.496 e. The summed E-state index contributed by atoms with van der Waals surface area (Å²) in [5.41, 5.74) is 2.06. The second kappa shape index (κ2) is 7.56. The third-order valence-electron chi connectivity index (χ3n) is 3.21. The molecule has 0 aromatic heterocycles. The zero-order valence-electron chi connectivity index (χ0n) is 11.8. The highest BCUT2D eigenvalue weighted by Crippen LogP contribution is 2.35. The van der Waals surface area contributed by atoms with Crippen LogP contribution >= 0.6 is 38.5 Å². The number of hydrogen-bond acceptors (Lipinski definition) is 2. The Morgan fingerprint density at radius 1 is 1.29 bits per heavy atom. The van der Waals surface area contributed by atoms with Crippen LogP contribution in [0.15, 0.2) is 40.9 Å². The molecule has 0 spiro atoms. The van der Waals surface area contributed by atoms with Gasteiger partial charge in [-0.05, 0) is 62.8 Å². The van der Waals surface area contributed by atoms with Crippen LogP contribution in [0.5, 0.6) is 5.75 Å². The van der Waals surface area contributed by atoms with E-state index in [0.717, 1.165) is 21.2 Å². The maximum absolute atomic E-state index is 13.7. The lowest BCUT2D eigenvalue weighted by atomic mass is 9.97. The predicted molar refractivity (Wildman–Crippen MR) is 95.3 cm³/mol. The lowest BCUT2D eigenvalue weighted by Crippen LogP contribution is -2.23. The molecule has 2 rings (SSSR count). The van der Waals surface area contributed by atoms with Crippen LogP contribution in [0.25, 0.3) is 0 Å². The molecule has 0 amide bonds. The van der Waals surface area contributed by atoms with Gasteiger partial charge in [0, 0.05) is 15.2 Å². The van der Waals surface area contributed by atoms with Crippen molar-refractivity contribution >= 4 is 38.5 Å². The van der Waals surface area contributed by atoms with Crippen LogP contribution < -0.4 is 10.1 Å². The van der Waals surface area contributed by atoms with Crippen molar-refractivity contribution in [3.63, 3.8) is 0 Å². The van der Waals surface area contributed by atoms with Crippen LogP contribution in [-0.4, -0.2) is 13.7 Å². The van der Waals surface area contributed by atoms with Crippen molar-refractivity contribution in [2.45, 2.75) is 13.0 Å². The fourth-order valence-electron chi connectivity index (χ4n) is 2.25. The standard InChI is InChI=1S/C16H16BrFINO/c1-3-20-16(10-6-4-5-7-14(10)19)11-8-12(17)13(18)9-15(11)21-2/h4-9,16,20H,3H2,1-2H3. The van der Waals surface area contributed by atoms with E-state index in [9.17, 15) is 4.39 Å². The number of methoxy groups -OCH3 is 1. The van der Waals surface area contributed by atoms with E-state index in [4.69, 9.17) is 4.74 Å². The monoisotopic (exact) mass is 463 g/mol. The Balaban J connectivity index is 2.58. The molecule has 1 unspecified atom stereocenters. The first kappa shape index (κ1) is 16.7. The zero-order valence-corrected chi connectivity index (χ0v) is 15.5. The van der Waals surface area contributed by atoms with E-state index in [1.165, 1.54) is 6.07 Å². The van der Waals surface area contributed by atoms with Gasteiger partial charge in [0.25, 0.3) is 0 Å². The number of hydrogen-bond donors (Lipinski definition) is 1. The molecule has 2 nitrogen and oxygen atoms in total. The van der Waals surface area contributed by atoms with E-state index in [2.05, 4.69) is 56.0 Å². The van der Waals surface area contributed by atoms with Gasteiger partial charge < -0.3 is 10.1 Å². The van der Waals surface area contributed by atoms with Crippen molar-refractivity contribution in [2.75, 3.05) is 13.7 Å². The molecular formula is C16H16BrFINO. The van der Waals surface area contributed by atoms with Gasteiger partial charge >= 0.3 is 0 Å². The Kier molecular flexibility index (Phi) is 6.01. The average Bonchev–Trinajstić information content (AvgIpc) is 2.48. The Labute approximate surface area is 146 Å². The summed E-state index contributed by atoms with van der Waals surface area (Å²) in [4.78, 5) is 0. The average molecular weight is 464 g/mol. The van der Waals surface area contributed by atoms with E-state index in [1.54, 1.807) is 13.2 Å². The van der Waals surface area contributed by atoms with E-state index >= 15 is 0 Å². The molecule has 2 aromatic rings. The first-order chi connectivity index (χ1) is 10.1. The maximum Gasteiger partial charge on any atom is 0.141 e. The number of ether oxygens (including phenoxy) is 1. The molecule has 1 N–H and O–H groups in total. The van der Waals surface area contributed by atoms with E-state index in [0.29, 0.717) is 10.2 Å². The number of benzene rings is 2. The molecule has 0 saturated carbocycles. The van der Waals surface area contributed by atoms with E-state index < -0.39 is 0 Å². The molecule has 0 heterocycles. The third kappa shape index (κ3) is 3.76. The molecule has 1 atom stereocenters. The lowest BCUT2D eigenvalue weighted by Gasteiger charge is -2.23. The minimum atomic E-state index is -0.325. The molecule has 0 radical (unpaired) electrons. The SMILES string of the molecule is CCNC(c1ccccc1I)c1cc(Br)c(F)cc1OC. The summed E-state index contributed by atoms with van der Waals surface area (Å²) < 4.78 is 20.7. The smallest absolute Gasteiger partial charge is 0.141 e. The molecule has 2 aromatic carbocycles. The van der Waals surface area contributed by atoms with Crippen LogP contribution in [-0.2, 0) is 0 Å². The van der Waals surface area contributed by atoms with Crippen LogP contribution in [0.3, 0.4) is 0 Å². The zero-order chi connectivity index (χ0) is 15.4. The Morgan fingerprint density at radius 2 is 2.00 bits per heavy atom. The van der Waals surface area contributed by atoms with Gasteiger partial charge in [-0.3, -0.25) is 0 Å². The molecule has 0 bridgehead atoms. The Morgan fingerprint density at radius 3 is 2.62 bits per heavy atom. The summed E-state index contributed by atoms with van der Waals surface area (Å²) in [7, 11) is 1.56. The molecule has 0 fully saturated rings. The second-order valence-electron chi connectivity index (χ2n) is 4.52. The Bertz CT molecular complexity index is 636. The van der Waals surface area contributed by atoms with Gasteiger partial charge in [-0.15, -0.1) is 0 Å². The molecule has 112 valence electrons.